The molecule has 1 heterocycles. The zero-order chi connectivity index (χ0) is 13.8. The molecular formula is C13H18ClN3O2. The van der Waals surface area contributed by atoms with Crippen LogP contribution in [-0.2, 0) is 4.74 Å². The summed E-state index contributed by atoms with van der Waals surface area (Å²) in [4.78, 5) is 2.22. The lowest BCUT2D eigenvalue weighted by molar-refractivity contribution is 0.161. The molecule has 1 unspecified atom stereocenters. The van der Waals surface area contributed by atoms with Gasteiger partial charge in [0.1, 0.15) is 0 Å². The highest BCUT2D eigenvalue weighted by molar-refractivity contribution is 6.31. The average molecular weight is 284 g/mol. The third-order valence-electron chi connectivity index (χ3n) is 3.37. The second-order valence-electron chi connectivity index (χ2n) is 4.70. The van der Waals surface area contributed by atoms with Crippen molar-refractivity contribution in [2.75, 3.05) is 31.7 Å². The largest absolute Gasteiger partial charge is 0.409 e. The summed E-state index contributed by atoms with van der Waals surface area (Å²) in [5.74, 6) is 0.591. The van der Waals surface area contributed by atoms with Crippen molar-refractivity contribution in [1.82, 2.24) is 0 Å². The van der Waals surface area contributed by atoms with Crippen LogP contribution in [0, 0.1) is 5.92 Å². The molecule has 104 valence electrons. The predicted molar refractivity (Wildman–Crippen MR) is 76.2 cm³/mol. The van der Waals surface area contributed by atoms with Gasteiger partial charge in [0.15, 0.2) is 5.84 Å². The van der Waals surface area contributed by atoms with E-state index in [0.717, 1.165) is 31.8 Å². The first-order valence-electron chi connectivity index (χ1n) is 6.17. The minimum atomic E-state index is 0.0766. The summed E-state index contributed by atoms with van der Waals surface area (Å²) in [5, 5.41) is 12.5. The van der Waals surface area contributed by atoms with Crippen LogP contribution in [0.4, 0.5) is 5.69 Å². The van der Waals surface area contributed by atoms with Crippen LogP contribution in [0.3, 0.4) is 0 Å². The molecule has 0 bridgehead atoms. The summed E-state index contributed by atoms with van der Waals surface area (Å²) < 4.78 is 5.19. The van der Waals surface area contributed by atoms with Gasteiger partial charge in [-0.1, -0.05) is 16.8 Å². The van der Waals surface area contributed by atoms with Gasteiger partial charge in [-0.25, -0.2) is 0 Å². The van der Waals surface area contributed by atoms with E-state index in [4.69, 9.17) is 27.3 Å². The van der Waals surface area contributed by atoms with Gasteiger partial charge >= 0.3 is 0 Å². The minimum Gasteiger partial charge on any atom is -0.409 e. The molecule has 0 spiro atoms. The van der Waals surface area contributed by atoms with Crippen molar-refractivity contribution in [2.24, 2.45) is 16.8 Å². The number of rotatable bonds is 4. The Balaban J connectivity index is 2.25. The Labute approximate surface area is 117 Å². The highest BCUT2D eigenvalue weighted by atomic mass is 35.5. The summed E-state index contributed by atoms with van der Waals surface area (Å²) in [7, 11) is 1.72. The van der Waals surface area contributed by atoms with E-state index in [2.05, 4.69) is 10.1 Å². The van der Waals surface area contributed by atoms with Crippen molar-refractivity contribution in [3.05, 3.63) is 28.8 Å². The summed E-state index contributed by atoms with van der Waals surface area (Å²) in [5.41, 5.74) is 7.32. The smallest absolute Gasteiger partial charge is 0.172 e. The topological polar surface area (TPSA) is 71.1 Å². The maximum Gasteiger partial charge on any atom is 0.172 e. The van der Waals surface area contributed by atoms with Gasteiger partial charge in [-0.2, -0.15) is 0 Å². The fourth-order valence-electron chi connectivity index (χ4n) is 2.47. The molecule has 1 aromatic carbocycles. The second kappa shape index (κ2) is 6.12. The van der Waals surface area contributed by atoms with Gasteiger partial charge in [-0.3, -0.25) is 0 Å². The zero-order valence-electron chi connectivity index (χ0n) is 10.8. The van der Waals surface area contributed by atoms with Crippen molar-refractivity contribution >= 4 is 23.1 Å². The van der Waals surface area contributed by atoms with Gasteiger partial charge < -0.3 is 20.6 Å². The van der Waals surface area contributed by atoms with Gasteiger partial charge in [0.25, 0.3) is 0 Å². The lowest BCUT2D eigenvalue weighted by Crippen LogP contribution is -2.25. The number of oxime groups is 1. The Morgan fingerprint density at radius 3 is 3.11 bits per heavy atom. The van der Waals surface area contributed by atoms with E-state index in [0.29, 0.717) is 16.5 Å². The van der Waals surface area contributed by atoms with Crippen LogP contribution >= 0.6 is 11.6 Å². The first-order valence-corrected chi connectivity index (χ1v) is 6.54. The Morgan fingerprint density at radius 1 is 1.63 bits per heavy atom. The number of amidine groups is 1. The number of hydrogen-bond acceptors (Lipinski definition) is 4. The molecular weight excluding hydrogens is 266 g/mol. The van der Waals surface area contributed by atoms with Crippen molar-refractivity contribution in [2.45, 2.75) is 6.42 Å². The highest BCUT2D eigenvalue weighted by Gasteiger charge is 2.25. The van der Waals surface area contributed by atoms with Crippen LogP contribution in [0.15, 0.2) is 23.4 Å². The normalized spacial score (nSPS) is 20.0. The summed E-state index contributed by atoms with van der Waals surface area (Å²) in [6.07, 6.45) is 1.08. The lowest BCUT2D eigenvalue weighted by Gasteiger charge is -2.22. The van der Waals surface area contributed by atoms with E-state index in [1.54, 1.807) is 13.2 Å². The molecule has 0 amide bonds. The molecule has 0 radical (unpaired) electrons. The molecule has 1 fully saturated rings. The number of hydrogen-bond donors (Lipinski definition) is 2. The third kappa shape index (κ3) is 3.11. The van der Waals surface area contributed by atoms with E-state index < -0.39 is 0 Å². The van der Waals surface area contributed by atoms with Gasteiger partial charge in [-0.05, 0) is 24.6 Å². The molecule has 5 nitrogen and oxygen atoms in total. The standard InChI is InChI=1S/C13H18ClN3O2/c1-19-8-9-4-5-17(7-9)12-3-2-10(14)6-11(12)13(15)16-18/h2-3,6,9,18H,4-5,7-8H2,1H3,(H2,15,16). The molecule has 1 atom stereocenters. The molecule has 0 saturated carbocycles. The second-order valence-corrected chi connectivity index (χ2v) is 5.14. The average Bonchev–Trinajstić information content (AvgIpc) is 2.86. The molecule has 1 aliphatic rings. The Hall–Kier alpha value is -1.46. The molecule has 19 heavy (non-hydrogen) atoms. The van der Waals surface area contributed by atoms with Gasteiger partial charge in [0.05, 0.1) is 6.61 Å². The van der Waals surface area contributed by atoms with Crippen LogP contribution in [0.2, 0.25) is 5.02 Å². The number of nitrogens with two attached hydrogens (primary N) is 1. The number of nitrogens with zero attached hydrogens (tertiary/aromatic N) is 2. The van der Waals surface area contributed by atoms with Crippen LogP contribution < -0.4 is 10.6 Å². The van der Waals surface area contributed by atoms with Gasteiger partial charge in [-0.15, -0.1) is 0 Å². The quantitative estimate of drug-likeness (QED) is 0.383. The van der Waals surface area contributed by atoms with E-state index in [9.17, 15) is 0 Å². The van der Waals surface area contributed by atoms with Crippen molar-refractivity contribution in [3.63, 3.8) is 0 Å². The fraction of sp³-hybridized carbons (Fsp3) is 0.462. The monoisotopic (exact) mass is 283 g/mol. The lowest BCUT2D eigenvalue weighted by atomic mass is 10.1. The van der Waals surface area contributed by atoms with E-state index in [1.807, 2.05) is 12.1 Å². The minimum absolute atomic E-state index is 0.0766. The maximum absolute atomic E-state index is 8.86. The van der Waals surface area contributed by atoms with Crippen LogP contribution in [-0.4, -0.2) is 37.8 Å². The number of ether oxygens (including phenoxy) is 1. The Morgan fingerprint density at radius 2 is 2.42 bits per heavy atom. The Bertz CT molecular complexity index is 479. The molecule has 1 saturated heterocycles. The zero-order valence-corrected chi connectivity index (χ0v) is 11.6. The van der Waals surface area contributed by atoms with Crippen LogP contribution in [0.25, 0.3) is 0 Å². The summed E-state index contributed by atoms with van der Waals surface area (Å²) >= 11 is 5.97. The van der Waals surface area contributed by atoms with Crippen LogP contribution in [0.1, 0.15) is 12.0 Å². The van der Waals surface area contributed by atoms with Crippen molar-refractivity contribution in [3.8, 4) is 0 Å². The first-order chi connectivity index (χ1) is 9.15. The number of halogens is 1. The molecule has 0 aliphatic carbocycles. The number of benzene rings is 1. The SMILES string of the molecule is COCC1CCN(c2ccc(Cl)cc2C(N)=NO)C1. The van der Waals surface area contributed by atoms with Crippen LogP contribution in [0.5, 0.6) is 0 Å². The molecule has 1 aromatic rings. The number of anilines is 1. The summed E-state index contributed by atoms with van der Waals surface area (Å²) in [6.45, 7) is 2.59. The maximum atomic E-state index is 8.86. The Kier molecular flexibility index (Phi) is 4.50. The van der Waals surface area contributed by atoms with E-state index >= 15 is 0 Å². The number of methoxy groups -OCH3 is 1. The molecule has 3 N–H and O–H groups in total. The first kappa shape index (κ1) is 14.0. The third-order valence-corrected chi connectivity index (χ3v) is 3.61. The van der Waals surface area contributed by atoms with E-state index in [-0.39, 0.29) is 5.84 Å². The molecule has 0 aromatic heterocycles. The molecule has 6 heteroatoms. The van der Waals surface area contributed by atoms with Gasteiger partial charge in [0, 0.05) is 42.4 Å². The van der Waals surface area contributed by atoms with Crippen molar-refractivity contribution in [1.29, 1.82) is 0 Å². The fourth-order valence-corrected chi connectivity index (χ4v) is 2.64. The van der Waals surface area contributed by atoms with Gasteiger partial charge in [0.2, 0.25) is 0 Å². The van der Waals surface area contributed by atoms with Crippen molar-refractivity contribution < 1.29 is 9.94 Å². The summed E-state index contributed by atoms with van der Waals surface area (Å²) in [6, 6.07) is 5.44. The predicted octanol–water partition coefficient (Wildman–Crippen LogP) is 1.91. The van der Waals surface area contributed by atoms with E-state index in [1.165, 1.54) is 0 Å². The molecule has 1 aliphatic heterocycles. The highest BCUT2D eigenvalue weighted by Crippen LogP contribution is 2.29. The molecule has 2 rings (SSSR count).